The monoisotopic (exact) mass is 264 g/mol. The first kappa shape index (κ1) is 12.8. The zero-order valence-electron chi connectivity index (χ0n) is 10.9. The average Bonchev–Trinajstić information content (AvgIpc) is 2.71. The van der Waals surface area contributed by atoms with Gasteiger partial charge >= 0.3 is 0 Å². The minimum absolute atomic E-state index is 0.677. The second-order valence-corrected chi connectivity index (χ2v) is 4.84. The topological polar surface area (TPSA) is 79.4 Å². The molecule has 0 aromatic carbocycles. The summed E-state index contributed by atoms with van der Waals surface area (Å²) in [5.41, 5.74) is 1.02. The van der Waals surface area contributed by atoms with Crippen molar-refractivity contribution in [3.05, 3.63) is 17.2 Å². The molecule has 2 rings (SSSR count). The van der Waals surface area contributed by atoms with Crippen molar-refractivity contribution in [3.63, 3.8) is 0 Å². The predicted octanol–water partition coefficient (Wildman–Crippen LogP) is 2.10. The molecule has 0 fully saturated rings. The highest BCUT2D eigenvalue weighted by molar-refractivity contribution is 7.99. The summed E-state index contributed by atoms with van der Waals surface area (Å²) in [6, 6.07) is 0. The fraction of sp³-hybridized carbons (Fsp3) is 0.455. The van der Waals surface area contributed by atoms with Crippen LogP contribution in [-0.4, -0.2) is 31.7 Å². The summed E-state index contributed by atoms with van der Waals surface area (Å²) in [5.74, 6) is 2.42. The Morgan fingerprint density at radius 2 is 1.94 bits per heavy atom. The van der Waals surface area contributed by atoms with Crippen LogP contribution in [0.25, 0.3) is 0 Å². The van der Waals surface area contributed by atoms with Crippen molar-refractivity contribution in [1.82, 2.24) is 25.1 Å². The number of aromatic nitrogens is 5. The Morgan fingerprint density at radius 3 is 2.56 bits per heavy atom. The summed E-state index contributed by atoms with van der Waals surface area (Å²) >= 11 is 1.44. The number of aryl methyl sites for hydroxylation is 2. The lowest BCUT2D eigenvalue weighted by Crippen LogP contribution is -2.05. The van der Waals surface area contributed by atoms with Gasteiger partial charge in [0.05, 0.1) is 0 Å². The molecular weight excluding hydrogens is 248 g/mol. The van der Waals surface area contributed by atoms with Gasteiger partial charge in [0.15, 0.2) is 0 Å². The number of rotatable bonds is 4. The molecule has 0 bridgehead atoms. The SMILES string of the molecule is CCNc1nc(C)nc(Sc2n[nH]c(C)n2)c1C. The van der Waals surface area contributed by atoms with Crippen molar-refractivity contribution in [2.75, 3.05) is 11.9 Å². The minimum atomic E-state index is 0.677. The van der Waals surface area contributed by atoms with E-state index in [2.05, 4.69) is 30.5 Å². The Balaban J connectivity index is 2.32. The predicted molar refractivity (Wildman–Crippen MR) is 70.9 cm³/mol. The molecule has 2 aromatic rings. The molecule has 0 amide bonds. The van der Waals surface area contributed by atoms with E-state index in [1.54, 1.807) is 0 Å². The second kappa shape index (κ2) is 5.34. The zero-order chi connectivity index (χ0) is 13.1. The van der Waals surface area contributed by atoms with Gasteiger partial charge in [-0.15, -0.1) is 5.10 Å². The summed E-state index contributed by atoms with van der Waals surface area (Å²) in [4.78, 5) is 13.1. The van der Waals surface area contributed by atoms with E-state index in [0.29, 0.717) is 5.16 Å². The largest absolute Gasteiger partial charge is 0.370 e. The number of hydrogen-bond donors (Lipinski definition) is 2. The number of anilines is 1. The van der Waals surface area contributed by atoms with Crippen LogP contribution in [0.3, 0.4) is 0 Å². The van der Waals surface area contributed by atoms with Crippen molar-refractivity contribution < 1.29 is 0 Å². The highest BCUT2D eigenvalue weighted by Crippen LogP contribution is 2.28. The molecule has 7 heteroatoms. The Labute approximate surface area is 110 Å². The average molecular weight is 264 g/mol. The van der Waals surface area contributed by atoms with Crippen molar-refractivity contribution in [1.29, 1.82) is 0 Å². The highest BCUT2D eigenvalue weighted by Gasteiger charge is 2.12. The molecule has 2 N–H and O–H groups in total. The van der Waals surface area contributed by atoms with Crippen molar-refractivity contribution in [3.8, 4) is 0 Å². The van der Waals surface area contributed by atoms with Crippen LogP contribution in [-0.2, 0) is 0 Å². The number of hydrogen-bond acceptors (Lipinski definition) is 6. The normalized spacial score (nSPS) is 10.7. The molecule has 0 radical (unpaired) electrons. The molecule has 0 saturated carbocycles. The van der Waals surface area contributed by atoms with Crippen molar-refractivity contribution in [2.45, 2.75) is 37.9 Å². The van der Waals surface area contributed by atoms with Crippen molar-refractivity contribution >= 4 is 17.6 Å². The van der Waals surface area contributed by atoms with Crippen LogP contribution in [0.4, 0.5) is 5.82 Å². The molecule has 2 heterocycles. The van der Waals surface area contributed by atoms with Crippen LogP contribution in [0.2, 0.25) is 0 Å². The first-order valence-electron chi connectivity index (χ1n) is 5.76. The van der Waals surface area contributed by atoms with Crippen LogP contribution in [0.15, 0.2) is 10.2 Å². The lowest BCUT2D eigenvalue weighted by molar-refractivity contribution is 0.918. The lowest BCUT2D eigenvalue weighted by Gasteiger charge is -2.10. The van der Waals surface area contributed by atoms with E-state index in [-0.39, 0.29) is 0 Å². The smallest absolute Gasteiger partial charge is 0.214 e. The fourth-order valence-corrected chi connectivity index (χ4v) is 2.37. The van der Waals surface area contributed by atoms with E-state index >= 15 is 0 Å². The van der Waals surface area contributed by atoms with E-state index in [4.69, 9.17) is 0 Å². The van der Waals surface area contributed by atoms with Crippen LogP contribution < -0.4 is 5.32 Å². The summed E-state index contributed by atoms with van der Waals surface area (Å²) in [5, 5.41) is 11.7. The van der Waals surface area contributed by atoms with E-state index in [1.807, 2.05) is 27.7 Å². The number of nitrogens with one attached hydrogen (secondary N) is 2. The van der Waals surface area contributed by atoms with E-state index in [0.717, 1.165) is 34.6 Å². The zero-order valence-corrected chi connectivity index (χ0v) is 11.7. The van der Waals surface area contributed by atoms with Gasteiger partial charge in [0.25, 0.3) is 0 Å². The Kier molecular flexibility index (Phi) is 3.81. The summed E-state index contributed by atoms with van der Waals surface area (Å²) < 4.78 is 0. The minimum Gasteiger partial charge on any atom is -0.370 e. The van der Waals surface area contributed by atoms with Crippen LogP contribution >= 0.6 is 11.8 Å². The molecule has 6 nitrogen and oxygen atoms in total. The van der Waals surface area contributed by atoms with E-state index in [1.165, 1.54) is 11.8 Å². The van der Waals surface area contributed by atoms with Crippen LogP contribution in [0.1, 0.15) is 24.1 Å². The third-order valence-electron chi connectivity index (χ3n) is 2.32. The Bertz CT molecular complexity index is 550. The van der Waals surface area contributed by atoms with Gasteiger partial charge in [0, 0.05) is 12.1 Å². The fourth-order valence-electron chi connectivity index (χ4n) is 1.50. The Morgan fingerprint density at radius 1 is 1.17 bits per heavy atom. The highest BCUT2D eigenvalue weighted by atomic mass is 32.2. The van der Waals surface area contributed by atoms with Gasteiger partial charge in [-0.2, -0.15) is 0 Å². The molecule has 0 spiro atoms. The summed E-state index contributed by atoms with van der Waals surface area (Å²) in [7, 11) is 0. The summed E-state index contributed by atoms with van der Waals surface area (Å²) in [6.45, 7) is 8.63. The maximum Gasteiger partial charge on any atom is 0.214 e. The molecule has 0 aliphatic carbocycles. The lowest BCUT2D eigenvalue weighted by atomic mass is 10.3. The third-order valence-corrected chi connectivity index (χ3v) is 3.28. The van der Waals surface area contributed by atoms with Crippen LogP contribution in [0.5, 0.6) is 0 Å². The van der Waals surface area contributed by atoms with Gasteiger partial charge in [-0.05, 0) is 39.5 Å². The first-order valence-corrected chi connectivity index (χ1v) is 6.57. The second-order valence-electron chi connectivity index (χ2n) is 3.89. The summed E-state index contributed by atoms with van der Waals surface area (Å²) in [6.07, 6.45) is 0. The first-order chi connectivity index (χ1) is 8.60. The van der Waals surface area contributed by atoms with Gasteiger partial charge in [0.2, 0.25) is 5.16 Å². The van der Waals surface area contributed by atoms with Gasteiger partial charge in [-0.1, -0.05) is 0 Å². The molecule has 0 unspecified atom stereocenters. The van der Waals surface area contributed by atoms with E-state index < -0.39 is 0 Å². The molecule has 0 aliphatic heterocycles. The Hall–Kier alpha value is -1.63. The molecular formula is C11H16N6S. The van der Waals surface area contributed by atoms with E-state index in [9.17, 15) is 0 Å². The van der Waals surface area contributed by atoms with Gasteiger partial charge in [0.1, 0.15) is 22.5 Å². The maximum atomic E-state index is 4.44. The standard InChI is InChI=1S/C11H16N6S/c1-5-12-9-6(2)10(14-7(3)13-9)18-11-15-8(4)16-17-11/h5H2,1-4H3,(H,12,13,14)(H,15,16,17). The molecule has 2 aromatic heterocycles. The number of aromatic amines is 1. The van der Waals surface area contributed by atoms with Gasteiger partial charge in [-0.3, -0.25) is 5.10 Å². The maximum absolute atomic E-state index is 4.44. The van der Waals surface area contributed by atoms with Crippen LogP contribution in [0, 0.1) is 20.8 Å². The van der Waals surface area contributed by atoms with Crippen molar-refractivity contribution in [2.24, 2.45) is 0 Å². The third kappa shape index (κ3) is 2.79. The molecule has 96 valence electrons. The molecule has 0 aliphatic rings. The van der Waals surface area contributed by atoms with Gasteiger partial charge < -0.3 is 5.32 Å². The molecule has 18 heavy (non-hydrogen) atoms. The number of nitrogens with zero attached hydrogens (tertiary/aromatic N) is 4. The van der Waals surface area contributed by atoms with Gasteiger partial charge in [-0.25, -0.2) is 15.0 Å². The molecule has 0 saturated heterocycles. The quantitative estimate of drug-likeness (QED) is 0.823. The molecule has 0 atom stereocenters. The number of H-pyrrole nitrogens is 1.